The molecule has 0 aliphatic rings. The summed E-state index contributed by atoms with van der Waals surface area (Å²) in [7, 11) is 0. The van der Waals surface area contributed by atoms with Crippen LogP contribution in [0.1, 0.15) is 25.0 Å². The lowest BCUT2D eigenvalue weighted by Gasteiger charge is -2.10. The summed E-state index contributed by atoms with van der Waals surface area (Å²) >= 11 is 7.79. The van der Waals surface area contributed by atoms with Gasteiger partial charge in [-0.3, -0.25) is 0 Å². The van der Waals surface area contributed by atoms with Crippen molar-refractivity contribution in [3.63, 3.8) is 0 Å². The number of thioether (sulfide) groups is 1. The fourth-order valence-corrected chi connectivity index (χ4v) is 3.33. The average molecular weight is 389 g/mol. The Hall–Kier alpha value is -1.81. The van der Waals surface area contributed by atoms with Gasteiger partial charge in [-0.05, 0) is 23.3 Å². The summed E-state index contributed by atoms with van der Waals surface area (Å²) in [4.78, 5) is 12.7. The maximum atomic E-state index is 10.6. The molecule has 4 heteroatoms. The number of ether oxygens (including phenoxy) is 1. The van der Waals surface area contributed by atoms with E-state index in [1.807, 2.05) is 68.5 Å². The average Bonchev–Trinajstić information content (AvgIpc) is 2.67. The number of hydrogen-bond acceptors (Lipinski definition) is 3. The minimum Gasteiger partial charge on any atom is -0.372 e. The van der Waals surface area contributed by atoms with Crippen molar-refractivity contribution in [1.29, 1.82) is 0 Å². The molecule has 0 fully saturated rings. The standard InChI is InChI=1S/C20H19ClO2S.C2H6/c1-2-6-19(15-23-14-16-7-4-3-5-8-16)24-18-10-9-17(11-12-22)20(21)13-18;1-2/h2-10,12-13H,1,11,14-15H2;1-2H3/b19-6+;. The molecule has 0 amide bonds. The van der Waals surface area contributed by atoms with Crippen LogP contribution in [0.4, 0.5) is 0 Å². The van der Waals surface area contributed by atoms with Crippen molar-refractivity contribution in [2.24, 2.45) is 0 Å². The molecule has 0 bridgehead atoms. The Bertz CT molecular complexity index is 711. The highest BCUT2D eigenvalue weighted by molar-refractivity contribution is 8.03. The first kappa shape index (κ1) is 22.2. The molecule has 0 saturated heterocycles. The second kappa shape index (κ2) is 13.4. The molecule has 26 heavy (non-hydrogen) atoms. The first-order valence-corrected chi connectivity index (χ1v) is 9.75. The van der Waals surface area contributed by atoms with E-state index in [0.717, 1.165) is 27.2 Å². The van der Waals surface area contributed by atoms with Crippen molar-refractivity contribution < 1.29 is 9.53 Å². The first-order valence-electron chi connectivity index (χ1n) is 8.56. The summed E-state index contributed by atoms with van der Waals surface area (Å²) < 4.78 is 5.78. The summed E-state index contributed by atoms with van der Waals surface area (Å²) in [6, 6.07) is 15.8. The molecule has 0 aliphatic heterocycles. The van der Waals surface area contributed by atoms with E-state index in [2.05, 4.69) is 6.58 Å². The fourth-order valence-electron chi connectivity index (χ4n) is 2.08. The third-order valence-electron chi connectivity index (χ3n) is 3.24. The Morgan fingerprint density at radius 1 is 1.19 bits per heavy atom. The summed E-state index contributed by atoms with van der Waals surface area (Å²) in [6.45, 7) is 8.82. The van der Waals surface area contributed by atoms with Crippen molar-refractivity contribution in [3.05, 3.63) is 88.3 Å². The number of aldehydes is 1. The molecule has 2 aromatic rings. The van der Waals surface area contributed by atoms with Crippen LogP contribution in [0.3, 0.4) is 0 Å². The zero-order valence-corrected chi connectivity index (χ0v) is 16.9. The molecule has 0 atom stereocenters. The first-order chi connectivity index (χ1) is 12.7. The van der Waals surface area contributed by atoms with Crippen LogP contribution < -0.4 is 0 Å². The van der Waals surface area contributed by atoms with Crippen LogP contribution in [-0.4, -0.2) is 12.9 Å². The monoisotopic (exact) mass is 388 g/mol. The molecule has 138 valence electrons. The summed E-state index contributed by atoms with van der Waals surface area (Å²) in [5.41, 5.74) is 1.98. The van der Waals surface area contributed by atoms with E-state index in [9.17, 15) is 4.79 Å². The van der Waals surface area contributed by atoms with Crippen LogP contribution in [0.25, 0.3) is 0 Å². The molecule has 0 radical (unpaired) electrons. The maximum Gasteiger partial charge on any atom is 0.124 e. The van der Waals surface area contributed by atoms with Crippen LogP contribution in [0, 0.1) is 0 Å². The van der Waals surface area contributed by atoms with E-state index in [1.165, 1.54) is 0 Å². The topological polar surface area (TPSA) is 26.3 Å². The van der Waals surface area contributed by atoms with Crippen LogP contribution in [-0.2, 0) is 22.6 Å². The number of halogens is 1. The molecule has 0 heterocycles. The molecule has 2 rings (SSSR count). The molecule has 0 aliphatic carbocycles. The second-order valence-corrected chi connectivity index (χ2v) is 6.68. The van der Waals surface area contributed by atoms with E-state index >= 15 is 0 Å². The summed E-state index contributed by atoms with van der Waals surface area (Å²) in [5.74, 6) is 0. The van der Waals surface area contributed by atoms with Gasteiger partial charge in [0.25, 0.3) is 0 Å². The Morgan fingerprint density at radius 3 is 2.54 bits per heavy atom. The zero-order chi connectivity index (χ0) is 19.2. The molecule has 0 N–H and O–H groups in total. The number of carbonyl (C=O) groups excluding carboxylic acids is 1. The van der Waals surface area contributed by atoms with E-state index in [4.69, 9.17) is 16.3 Å². The van der Waals surface area contributed by atoms with Gasteiger partial charge in [-0.25, -0.2) is 0 Å². The van der Waals surface area contributed by atoms with Gasteiger partial charge < -0.3 is 9.53 Å². The molecular weight excluding hydrogens is 364 g/mol. The quantitative estimate of drug-likeness (QED) is 0.279. The predicted octanol–water partition coefficient (Wildman–Crippen LogP) is 6.49. The number of allylic oxidation sites excluding steroid dienone is 2. The normalized spacial score (nSPS) is 10.7. The Labute approximate surface area is 165 Å². The van der Waals surface area contributed by atoms with Crippen molar-refractivity contribution in [1.82, 2.24) is 0 Å². The highest BCUT2D eigenvalue weighted by Crippen LogP contribution is 2.30. The van der Waals surface area contributed by atoms with Crippen molar-refractivity contribution in [2.45, 2.75) is 31.8 Å². The molecule has 0 saturated carbocycles. The second-order valence-electron chi connectivity index (χ2n) is 5.07. The lowest BCUT2D eigenvalue weighted by molar-refractivity contribution is -0.107. The van der Waals surface area contributed by atoms with Gasteiger partial charge in [0.2, 0.25) is 0 Å². The molecular formula is C22H25ClO2S. The van der Waals surface area contributed by atoms with Crippen molar-refractivity contribution >= 4 is 29.6 Å². The molecule has 0 unspecified atom stereocenters. The Morgan fingerprint density at radius 2 is 1.92 bits per heavy atom. The SMILES string of the molecule is C=C/C=C(\COCc1ccccc1)Sc1ccc(CC=O)c(Cl)c1.CC. The molecule has 0 aromatic heterocycles. The van der Waals surface area contributed by atoms with Crippen LogP contribution in [0.5, 0.6) is 0 Å². The number of benzene rings is 2. The molecule has 0 spiro atoms. The summed E-state index contributed by atoms with van der Waals surface area (Å²) in [6.07, 6.45) is 4.87. The highest BCUT2D eigenvalue weighted by atomic mass is 35.5. The van der Waals surface area contributed by atoms with Crippen LogP contribution >= 0.6 is 23.4 Å². The van der Waals surface area contributed by atoms with E-state index in [0.29, 0.717) is 24.7 Å². The number of hydrogen-bond donors (Lipinski definition) is 0. The largest absolute Gasteiger partial charge is 0.372 e. The van der Waals surface area contributed by atoms with Gasteiger partial charge in [-0.1, -0.05) is 92.3 Å². The van der Waals surface area contributed by atoms with Crippen LogP contribution in [0.15, 0.2) is 77.1 Å². The zero-order valence-electron chi connectivity index (χ0n) is 15.3. The third-order valence-corrected chi connectivity index (χ3v) is 4.59. The van der Waals surface area contributed by atoms with Gasteiger partial charge in [0.1, 0.15) is 6.29 Å². The van der Waals surface area contributed by atoms with Gasteiger partial charge in [-0.2, -0.15) is 0 Å². The lowest BCUT2D eigenvalue weighted by Crippen LogP contribution is -1.97. The predicted molar refractivity (Wildman–Crippen MR) is 113 cm³/mol. The minimum absolute atomic E-state index is 0.333. The van der Waals surface area contributed by atoms with E-state index < -0.39 is 0 Å². The van der Waals surface area contributed by atoms with E-state index in [-0.39, 0.29) is 0 Å². The van der Waals surface area contributed by atoms with Crippen molar-refractivity contribution in [3.8, 4) is 0 Å². The van der Waals surface area contributed by atoms with Gasteiger partial charge in [0.15, 0.2) is 0 Å². The Kier molecular flexibility index (Phi) is 11.5. The lowest BCUT2D eigenvalue weighted by atomic mass is 10.2. The maximum absolute atomic E-state index is 10.6. The van der Waals surface area contributed by atoms with Gasteiger partial charge in [-0.15, -0.1) is 0 Å². The van der Waals surface area contributed by atoms with Gasteiger partial charge in [0.05, 0.1) is 13.2 Å². The highest BCUT2D eigenvalue weighted by Gasteiger charge is 2.05. The number of carbonyl (C=O) groups is 1. The minimum atomic E-state index is 0.333. The smallest absolute Gasteiger partial charge is 0.124 e. The number of rotatable bonds is 9. The molecule has 2 aromatic carbocycles. The third kappa shape index (κ3) is 8.05. The van der Waals surface area contributed by atoms with Gasteiger partial charge in [0, 0.05) is 21.2 Å². The molecule has 2 nitrogen and oxygen atoms in total. The Balaban J connectivity index is 0.00000163. The fraction of sp³-hybridized carbons (Fsp3) is 0.227. The van der Waals surface area contributed by atoms with Gasteiger partial charge >= 0.3 is 0 Å². The van der Waals surface area contributed by atoms with Crippen LogP contribution in [0.2, 0.25) is 5.02 Å². The summed E-state index contributed by atoms with van der Waals surface area (Å²) in [5, 5.41) is 0.607. The van der Waals surface area contributed by atoms with E-state index in [1.54, 1.807) is 17.8 Å². The van der Waals surface area contributed by atoms with Crippen molar-refractivity contribution in [2.75, 3.05) is 6.61 Å².